The molecule has 0 aromatic heterocycles. The van der Waals surface area contributed by atoms with Crippen LogP contribution in [0.5, 0.6) is 0 Å². The lowest BCUT2D eigenvalue weighted by Crippen LogP contribution is -2.22. The largest absolute Gasteiger partial charge is 0.478 e. The molecule has 0 atom stereocenters. The predicted molar refractivity (Wildman–Crippen MR) is 67.8 cm³/mol. The van der Waals surface area contributed by atoms with E-state index in [9.17, 15) is 13.2 Å². The molecule has 0 aliphatic heterocycles. The molecule has 1 fully saturated rings. The molecule has 1 N–H and O–H groups in total. The number of carbonyl (C=O) groups is 1. The van der Waals surface area contributed by atoms with Crippen molar-refractivity contribution in [3.05, 3.63) is 28.8 Å². The Balaban J connectivity index is 2.32. The summed E-state index contributed by atoms with van der Waals surface area (Å²) in [5.74, 6) is -0.923. The number of hydrogen-bond donors (Lipinski definition) is 1. The second-order valence-corrected chi connectivity index (χ2v) is 6.97. The predicted octanol–water partition coefficient (Wildman–Crippen LogP) is 2.61. The summed E-state index contributed by atoms with van der Waals surface area (Å²) in [5, 5.41) is 8.96. The van der Waals surface area contributed by atoms with E-state index in [1.807, 2.05) is 0 Å². The summed E-state index contributed by atoms with van der Waals surface area (Å²) in [7, 11) is -3.42. The van der Waals surface area contributed by atoms with Gasteiger partial charge < -0.3 is 5.11 Å². The van der Waals surface area contributed by atoms with Crippen molar-refractivity contribution in [3.63, 3.8) is 0 Å². The maximum atomic E-state index is 12.1. The third-order valence-electron chi connectivity index (χ3n) is 3.21. The monoisotopic (exact) mass is 288 g/mol. The molecule has 0 saturated heterocycles. The van der Waals surface area contributed by atoms with Gasteiger partial charge in [0.25, 0.3) is 0 Å². The van der Waals surface area contributed by atoms with Gasteiger partial charge in [0.1, 0.15) is 0 Å². The first-order chi connectivity index (χ1) is 8.40. The maximum absolute atomic E-state index is 12.1. The van der Waals surface area contributed by atoms with Gasteiger partial charge >= 0.3 is 5.97 Å². The molecule has 4 nitrogen and oxygen atoms in total. The van der Waals surface area contributed by atoms with E-state index in [2.05, 4.69) is 0 Å². The van der Waals surface area contributed by atoms with Crippen LogP contribution in [0.1, 0.15) is 29.6 Å². The number of benzene rings is 1. The van der Waals surface area contributed by atoms with Crippen molar-refractivity contribution in [3.8, 4) is 0 Å². The van der Waals surface area contributed by atoms with Crippen molar-refractivity contribution in [2.24, 2.45) is 5.92 Å². The fraction of sp³-hybridized carbons (Fsp3) is 0.417. The van der Waals surface area contributed by atoms with E-state index in [4.69, 9.17) is 16.7 Å². The van der Waals surface area contributed by atoms with Crippen LogP contribution in [-0.4, -0.2) is 25.2 Å². The highest BCUT2D eigenvalue weighted by molar-refractivity contribution is 7.91. The van der Waals surface area contributed by atoms with Crippen LogP contribution in [-0.2, 0) is 9.84 Å². The van der Waals surface area contributed by atoms with Crippen LogP contribution in [0.25, 0.3) is 0 Å². The van der Waals surface area contributed by atoms with Crippen LogP contribution in [0, 0.1) is 5.92 Å². The van der Waals surface area contributed by atoms with Gasteiger partial charge in [0.2, 0.25) is 0 Å². The van der Waals surface area contributed by atoms with E-state index in [1.165, 1.54) is 12.1 Å². The Kier molecular flexibility index (Phi) is 3.64. The smallest absolute Gasteiger partial charge is 0.337 e. The van der Waals surface area contributed by atoms with Crippen LogP contribution >= 0.6 is 11.6 Å². The van der Waals surface area contributed by atoms with Crippen molar-refractivity contribution in [1.82, 2.24) is 0 Å². The summed E-state index contributed by atoms with van der Waals surface area (Å²) in [6.45, 7) is 0. The van der Waals surface area contributed by atoms with Crippen LogP contribution in [0.2, 0.25) is 5.02 Å². The number of aromatic carboxylic acids is 1. The Labute approximate surface area is 110 Å². The summed E-state index contributed by atoms with van der Waals surface area (Å²) >= 11 is 5.71. The quantitative estimate of drug-likeness (QED) is 0.924. The normalized spacial score (nSPS) is 16.3. The molecule has 0 bridgehead atoms. The van der Waals surface area contributed by atoms with E-state index in [-0.39, 0.29) is 27.2 Å². The average Bonchev–Trinajstić information content (AvgIpc) is 2.23. The summed E-state index contributed by atoms with van der Waals surface area (Å²) in [5.41, 5.74) is -0.175. The lowest BCUT2D eigenvalue weighted by molar-refractivity contribution is 0.0697. The molecule has 0 spiro atoms. The minimum atomic E-state index is -3.42. The molecule has 0 amide bonds. The summed E-state index contributed by atoms with van der Waals surface area (Å²) in [6, 6.07) is 3.82. The Morgan fingerprint density at radius 3 is 2.56 bits per heavy atom. The van der Waals surface area contributed by atoms with Crippen molar-refractivity contribution >= 4 is 27.4 Å². The number of carboxylic acids is 1. The van der Waals surface area contributed by atoms with Crippen LogP contribution < -0.4 is 0 Å². The number of sulfone groups is 1. The minimum absolute atomic E-state index is 0.0381. The van der Waals surface area contributed by atoms with Gasteiger partial charge in [-0.2, -0.15) is 0 Å². The van der Waals surface area contributed by atoms with Crippen molar-refractivity contribution < 1.29 is 18.3 Å². The molecule has 0 heterocycles. The van der Waals surface area contributed by atoms with Crippen molar-refractivity contribution in [1.29, 1.82) is 0 Å². The Hall–Kier alpha value is -1.07. The van der Waals surface area contributed by atoms with Gasteiger partial charge in [-0.3, -0.25) is 0 Å². The zero-order valence-corrected chi connectivity index (χ0v) is 11.2. The second kappa shape index (κ2) is 4.90. The number of rotatable bonds is 4. The SMILES string of the molecule is O=C(O)c1cc(S(=O)(=O)CC2CCC2)ccc1Cl. The first kappa shape index (κ1) is 13.4. The molecule has 98 valence electrons. The standard InChI is InChI=1S/C12H13ClO4S/c13-11-5-4-9(6-10(11)12(14)15)18(16,17)7-8-2-1-3-8/h4-6,8H,1-3,7H2,(H,14,15). The fourth-order valence-corrected chi connectivity index (χ4v) is 3.85. The van der Waals surface area contributed by atoms with E-state index < -0.39 is 15.8 Å². The molecule has 1 aliphatic carbocycles. The van der Waals surface area contributed by atoms with Crippen molar-refractivity contribution in [2.75, 3.05) is 5.75 Å². The number of hydrogen-bond acceptors (Lipinski definition) is 3. The van der Waals surface area contributed by atoms with E-state index in [0.29, 0.717) is 0 Å². The molecule has 1 aromatic carbocycles. The van der Waals surface area contributed by atoms with Gasteiger partial charge in [0.15, 0.2) is 9.84 Å². The lowest BCUT2D eigenvalue weighted by Gasteiger charge is -2.24. The highest BCUT2D eigenvalue weighted by atomic mass is 35.5. The molecule has 1 saturated carbocycles. The van der Waals surface area contributed by atoms with E-state index >= 15 is 0 Å². The Morgan fingerprint density at radius 1 is 1.39 bits per heavy atom. The average molecular weight is 289 g/mol. The Morgan fingerprint density at radius 2 is 2.06 bits per heavy atom. The van der Waals surface area contributed by atoms with Crippen molar-refractivity contribution in [2.45, 2.75) is 24.2 Å². The highest BCUT2D eigenvalue weighted by Crippen LogP contribution is 2.30. The molecule has 0 radical (unpaired) electrons. The third kappa shape index (κ3) is 2.67. The fourth-order valence-electron chi connectivity index (χ4n) is 1.93. The summed E-state index contributed by atoms with van der Waals surface area (Å²) in [4.78, 5) is 10.9. The molecule has 2 rings (SSSR count). The van der Waals surface area contributed by atoms with E-state index in [1.54, 1.807) is 0 Å². The molecular formula is C12H13ClO4S. The van der Waals surface area contributed by atoms with Gasteiger partial charge in [-0.15, -0.1) is 0 Å². The van der Waals surface area contributed by atoms with Gasteiger partial charge in [0, 0.05) is 0 Å². The Bertz CT molecular complexity index is 576. The molecule has 18 heavy (non-hydrogen) atoms. The zero-order chi connectivity index (χ0) is 13.3. The summed E-state index contributed by atoms with van der Waals surface area (Å²) < 4.78 is 24.2. The van der Waals surface area contributed by atoms with Gasteiger partial charge in [-0.05, 0) is 37.0 Å². The molecule has 6 heteroatoms. The molecule has 1 aliphatic rings. The van der Waals surface area contributed by atoms with Crippen LogP contribution in [0.15, 0.2) is 23.1 Å². The lowest BCUT2D eigenvalue weighted by atomic mass is 9.87. The van der Waals surface area contributed by atoms with E-state index in [0.717, 1.165) is 25.3 Å². The van der Waals surface area contributed by atoms with Gasteiger partial charge in [-0.1, -0.05) is 18.0 Å². The second-order valence-electron chi connectivity index (χ2n) is 4.53. The van der Waals surface area contributed by atoms with Gasteiger partial charge in [0.05, 0.1) is 21.2 Å². The third-order valence-corrected chi connectivity index (χ3v) is 5.42. The minimum Gasteiger partial charge on any atom is -0.478 e. The summed E-state index contributed by atoms with van der Waals surface area (Å²) in [6.07, 6.45) is 2.93. The maximum Gasteiger partial charge on any atom is 0.337 e. The topological polar surface area (TPSA) is 71.4 Å². The van der Waals surface area contributed by atoms with Crippen LogP contribution in [0.3, 0.4) is 0 Å². The number of carboxylic acid groups (broad SMARTS) is 1. The highest BCUT2D eigenvalue weighted by Gasteiger charge is 2.26. The van der Waals surface area contributed by atoms with Crippen LogP contribution in [0.4, 0.5) is 0 Å². The first-order valence-electron chi connectivity index (χ1n) is 5.66. The molecule has 1 aromatic rings. The molecule has 0 unspecified atom stereocenters. The zero-order valence-electron chi connectivity index (χ0n) is 9.60. The molecular weight excluding hydrogens is 276 g/mol. The van der Waals surface area contributed by atoms with Gasteiger partial charge in [-0.25, -0.2) is 13.2 Å². The first-order valence-corrected chi connectivity index (χ1v) is 7.69. The number of halogens is 1.